The zero-order chi connectivity index (χ0) is 15.4. The van der Waals surface area contributed by atoms with Gasteiger partial charge < -0.3 is 5.32 Å². The summed E-state index contributed by atoms with van der Waals surface area (Å²) in [7, 11) is 0. The molecule has 0 saturated heterocycles. The summed E-state index contributed by atoms with van der Waals surface area (Å²) in [6.45, 7) is 3.97. The number of halogens is 1. The Hall–Kier alpha value is -1.91. The van der Waals surface area contributed by atoms with Gasteiger partial charge in [0.2, 0.25) is 0 Å². The van der Waals surface area contributed by atoms with Gasteiger partial charge in [0.15, 0.2) is 5.11 Å². The maximum Gasteiger partial charge on any atom is 0.257 e. The summed E-state index contributed by atoms with van der Waals surface area (Å²) in [6, 6.07) is 12.7. The third-order valence-corrected chi connectivity index (χ3v) is 3.47. The molecule has 2 aromatic carbocycles. The van der Waals surface area contributed by atoms with Crippen molar-refractivity contribution in [3.8, 4) is 0 Å². The van der Waals surface area contributed by atoms with Crippen LogP contribution in [0.15, 0.2) is 42.5 Å². The van der Waals surface area contributed by atoms with Crippen molar-refractivity contribution in [1.82, 2.24) is 5.32 Å². The Labute approximate surface area is 134 Å². The minimum absolute atomic E-state index is 0.261. The fourth-order valence-electron chi connectivity index (χ4n) is 1.96. The number of hydrogen-bond donors (Lipinski definition) is 2. The molecule has 0 heterocycles. The van der Waals surface area contributed by atoms with Gasteiger partial charge in [-0.2, -0.15) is 0 Å². The van der Waals surface area contributed by atoms with E-state index in [0.717, 1.165) is 16.8 Å². The quantitative estimate of drug-likeness (QED) is 0.820. The van der Waals surface area contributed by atoms with Gasteiger partial charge in [0.1, 0.15) is 0 Å². The number of thiocarbonyl (C=S) groups is 1. The monoisotopic (exact) mass is 318 g/mol. The molecule has 0 aliphatic rings. The van der Waals surface area contributed by atoms with Crippen LogP contribution in [0.5, 0.6) is 0 Å². The van der Waals surface area contributed by atoms with Crippen LogP contribution in [0.25, 0.3) is 0 Å². The zero-order valence-electron chi connectivity index (χ0n) is 11.7. The predicted octanol–water partition coefficient (Wildman–Crippen LogP) is 4.08. The molecular weight excluding hydrogens is 304 g/mol. The Morgan fingerprint density at radius 3 is 2.33 bits per heavy atom. The summed E-state index contributed by atoms with van der Waals surface area (Å²) in [5.74, 6) is -0.291. The minimum Gasteiger partial charge on any atom is -0.332 e. The minimum atomic E-state index is -0.291. The molecule has 0 unspecified atom stereocenters. The Morgan fingerprint density at radius 2 is 1.71 bits per heavy atom. The van der Waals surface area contributed by atoms with Crippen LogP contribution in [0.3, 0.4) is 0 Å². The van der Waals surface area contributed by atoms with Gasteiger partial charge in [-0.1, -0.05) is 35.9 Å². The highest BCUT2D eigenvalue weighted by molar-refractivity contribution is 7.80. The number of carbonyl (C=O) groups is 1. The average molecular weight is 319 g/mol. The molecule has 0 bridgehead atoms. The largest absolute Gasteiger partial charge is 0.332 e. The normalized spacial score (nSPS) is 10.0. The first kappa shape index (κ1) is 15.5. The van der Waals surface area contributed by atoms with E-state index in [1.165, 1.54) is 0 Å². The molecule has 21 heavy (non-hydrogen) atoms. The van der Waals surface area contributed by atoms with Crippen LogP contribution in [0.2, 0.25) is 5.02 Å². The molecule has 3 nitrogen and oxygen atoms in total. The first-order chi connectivity index (χ1) is 9.97. The molecule has 2 rings (SSSR count). The lowest BCUT2D eigenvalue weighted by Gasteiger charge is -2.14. The molecule has 0 spiro atoms. The second-order valence-electron chi connectivity index (χ2n) is 4.69. The van der Waals surface area contributed by atoms with Crippen molar-refractivity contribution in [2.24, 2.45) is 0 Å². The first-order valence-electron chi connectivity index (χ1n) is 6.41. The average Bonchev–Trinajstić information content (AvgIpc) is 2.43. The molecule has 1 amide bonds. The van der Waals surface area contributed by atoms with Gasteiger partial charge in [-0.05, 0) is 55.4 Å². The van der Waals surface area contributed by atoms with Gasteiger partial charge in [-0.3, -0.25) is 10.1 Å². The lowest BCUT2D eigenvalue weighted by Crippen LogP contribution is -2.34. The number of nitrogens with one attached hydrogen (secondary N) is 2. The molecule has 0 aliphatic carbocycles. The maximum absolute atomic E-state index is 12.1. The highest BCUT2D eigenvalue weighted by Crippen LogP contribution is 2.19. The van der Waals surface area contributed by atoms with E-state index in [1.54, 1.807) is 24.3 Å². The number of hydrogen-bond acceptors (Lipinski definition) is 2. The van der Waals surface area contributed by atoms with Crippen LogP contribution in [-0.4, -0.2) is 11.0 Å². The summed E-state index contributed by atoms with van der Waals surface area (Å²) in [5.41, 5.74) is 3.51. The van der Waals surface area contributed by atoms with Crippen molar-refractivity contribution in [1.29, 1.82) is 0 Å². The van der Waals surface area contributed by atoms with Crippen molar-refractivity contribution in [2.45, 2.75) is 13.8 Å². The Balaban J connectivity index is 2.07. The Bertz CT molecular complexity index is 680. The van der Waals surface area contributed by atoms with E-state index in [-0.39, 0.29) is 11.0 Å². The molecular formula is C16H15ClN2OS. The van der Waals surface area contributed by atoms with E-state index in [9.17, 15) is 4.79 Å². The third kappa shape index (κ3) is 4.03. The van der Waals surface area contributed by atoms with Crippen LogP contribution in [0.1, 0.15) is 21.5 Å². The molecule has 0 fully saturated rings. The Kier molecular flexibility index (Phi) is 4.94. The lowest BCUT2D eigenvalue weighted by atomic mass is 10.1. The van der Waals surface area contributed by atoms with E-state index < -0.39 is 0 Å². The number of benzene rings is 2. The van der Waals surface area contributed by atoms with Gasteiger partial charge in [-0.25, -0.2) is 0 Å². The van der Waals surface area contributed by atoms with Crippen molar-refractivity contribution in [3.63, 3.8) is 0 Å². The highest BCUT2D eigenvalue weighted by Gasteiger charge is 2.10. The van der Waals surface area contributed by atoms with Crippen molar-refractivity contribution in [3.05, 3.63) is 64.2 Å². The number of para-hydroxylation sites is 1. The summed E-state index contributed by atoms with van der Waals surface area (Å²) in [4.78, 5) is 12.1. The standard InChI is InChI=1S/C16H15ClN2OS/c1-10-5-3-6-11(2)14(10)18-16(21)19-15(20)12-7-4-8-13(17)9-12/h3-9H,1-2H3,(H2,18,19,20,21). The van der Waals surface area contributed by atoms with Crippen LogP contribution < -0.4 is 10.6 Å². The molecule has 2 aromatic rings. The molecule has 5 heteroatoms. The third-order valence-electron chi connectivity index (χ3n) is 3.03. The highest BCUT2D eigenvalue weighted by atomic mass is 35.5. The van der Waals surface area contributed by atoms with Crippen LogP contribution in [0, 0.1) is 13.8 Å². The summed E-state index contributed by atoms with van der Waals surface area (Å²) < 4.78 is 0. The molecule has 2 N–H and O–H groups in total. The number of aryl methyl sites for hydroxylation is 2. The fraction of sp³-hybridized carbons (Fsp3) is 0.125. The fourth-order valence-corrected chi connectivity index (χ4v) is 2.35. The van der Waals surface area contributed by atoms with Crippen LogP contribution in [-0.2, 0) is 0 Å². The smallest absolute Gasteiger partial charge is 0.257 e. The second-order valence-corrected chi connectivity index (χ2v) is 5.53. The molecule has 0 aromatic heterocycles. The molecule has 0 saturated carbocycles. The topological polar surface area (TPSA) is 41.1 Å². The Morgan fingerprint density at radius 1 is 1.10 bits per heavy atom. The zero-order valence-corrected chi connectivity index (χ0v) is 13.3. The summed E-state index contributed by atoms with van der Waals surface area (Å²) in [6.07, 6.45) is 0. The molecule has 0 atom stereocenters. The van der Waals surface area contributed by atoms with Gasteiger partial charge in [0.05, 0.1) is 0 Å². The van der Waals surface area contributed by atoms with Crippen molar-refractivity contribution in [2.75, 3.05) is 5.32 Å². The van der Waals surface area contributed by atoms with Gasteiger partial charge in [-0.15, -0.1) is 0 Å². The van der Waals surface area contributed by atoms with Crippen molar-refractivity contribution < 1.29 is 4.79 Å². The van der Waals surface area contributed by atoms with Crippen LogP contribution >= 0.6 is 23.8 Å². The summed E-state index contributed by atoms with van der Waals surface area (Å²) >= 11 is 11.1. The van der Waals surface area contributed by atoms with E-state index in [0.29, 0.717) is 10.6 Å². The van der Waals surface area contributed by atoms with Crippen molar-refractivity contribution >= 4 is 40.5 Å². The summed E-state index contributed by atoms with van der Waals surface area (Å²) in [5, 5.41) is 6.48. The predicted molar refractivity (Wildman–Crippen MR) is 91.1 cm³/mol. The number of amides is 1. The lowest BCUT2D eigenvalue weighted by molar-refractivity contribution is 0.0977. The van der Waals surface area contributed by atoms with Gasteiger partial charge >= 0.3 is 0 Å². The SMILES string of the molecule is Cc1cccc(C)c1NC(=S)NC(=O)c1cccc(Cl)c1. The number of anilines is 1. The van der Waals surface area contributed by atoms with Gasteiger partial charge in [0, 0.05) is 16.3 Å². The van der Waals surface area contributed by atoms with Gasteiger partial charge in [0.25, 0.3) is 5.91 Å². The van der Waals surface area contributed by atoms with E-state index >= 15 is 0 Å². The maximum atomic E-state index is 12.1. The molecule has 108 valence electrons. The number of rotatable bonds is 2. The van der Waals surface area contributed by atoms with Crippen LogP contribution in [0.4, 0.5) is 5.69 Å². The number of carbonyl (C=O) groups excluding carboxylic acids is 1. The molecule has 0 aliphatic heterocycles. The second kappa shape index (κ2) is 6.70. The van der Waals surface area contributed by atoms with E-state index in [1.807, 2.05) is 32.0 Å². The first-order valence-corrected chi connectivity index (χ1v) is 7.20. The van der Waals surface area contributed by atoms with E-state index in [2.05, 4.69) is 10.6 Å². The molecule has 0 radical (unpaired) electrons. The van der Waals surface area contributed by atoms with E-state index in [4.69, 9.17) is 23.8 Å².